The molecule has 0 spiro atoms. The number of amides is 2. The fraction of sp³-hybridized carbons (Fsp3) is 0.550. The van der Waals surface area contributed by atoms with Gasteiger partial charge in [-0.25, -0.2) is 4.98 Å². The number of piperidine rings is 1. The van der Waals surface area contributed by atoms with Gasteiger partial charge in [0.15, 0.2) is 0 Å². The number of nitrogens with one attached hydrogen (secondary N) is 1. The molecule has 1 unspecified atom stereocenters. The zero-order valence-corrected chi connectivity index (χ0v) is 16.9. The number of nitrogen functional groups attached to an aromatic ring is 1. The number of nitrogens with zero attached hydrogens (tertiary/aromatic N) is 2. The third-order valence-corrected chi connectivity index (χ3v) is 6.86. The van der Waals surface area contributed by atoms with E-state index in [0.717, 1.165) is 54.6 Å². The van der Waals surface area contributed by atoms with Gasteiger partial charge in [-0.05, 0) is 44.2 Å². The molecule has 0 radical (unpaired) electrons. The van der Waals surface area contributed by atoms with Crippen LogP contribution in [0.2, 0.25) is 0 Å². The number of thiophene rings is 1. The molecule has 2 aromatic rings. The van der Waals surface area contributed by atoms with Gasteiger partial charge in [-0.2, -0.15) is 0 Å². The lowest BCUT2D eigenvalue weighted by atomic mass is 9.93. The summed E-state index contributed by atoms with van der Waals surface area (Å²) >= 11 is 1.30. The Balaban J connectivity index is 1.64. The van der Waals surface area contributed by atoms with Crippen LogP contribution in [0, 0.1) is 5.92 Å². The lowest BCUT2D eigenvalue weighted by molar-refractivity contribution is -0.142. The summed E-state index contributed by atoms with van der Waals surface area (Å²) in [4.78, 5) is 33.3. The number of hydrogen-bond acceptors (Lipinski definition) is 6. The summed E-state index contributed by atoms with van der Waals surface area (Å²) in [5, 5.41) is 3.42. The highest BCUT2D eigenvalue weighted by Gasteiger charge is 2.34. The smallest absolute Gasteiger partial charge is 0.263 e. The average Bonchev–Trinajstić information content (AvgIpc) is 3.09. The van der Waals surface area contributed by atoms with E-state index in [4.69, 9.17) is 15.5 Å². The first-order valence-corrected chi connectivity index (χ1v) is 10.7. The zero-order chi connectivity index (χ0) is 19.7. The summed E-state index contributed by atoms with van der Waals surface area (Å²) < 4.78 is 5.41. The Hall–Kier alpha value is -2.19. The number of likely N-dealkylation sites (tertiary alicyclic amines) is 1. The Morgan fingerprint density at radius 2 is 2.04 bits per heavy atom. The fourth-order valence-electron chi connectivity index (χ4n) is 4.16. The van der Waals surface area contributed by atoms with Crippen LogP contribution in [0.15, 0.2) is 12.1 Å². The largest absolute Gasteiger partial charge is 0.397 e. The van der Waals surface area contributed by atoms with Gasteiger partial charge in [0, 0.05) is 38.1 Å². The molecule has 2 saturated heterocycles. The Bertz CT molecular complexity index is 891. The second kappa shape index (κ2) is 8.05. The number of carbonyl (C=O) groups is 2. The molecule has 2 aromatic heterocycles. The maximum absolute atomic E-state index is 13.2. The van der Waals surface area contributed by atoms with Gasteiger partial charge in [0.1, 0.15) is 9.71 Å². The number of fused-ring (bicyclic) bond motifs is 1. The summed E-state index contributed by atoms with van der Waals surface area (Å²) in [6, 6.07) is 3.88. The van der Waals surface area contributed by atoms with Gasteiger partial charge in [0.25, 0.3) is 5.91 Å². The predicted octanol–water partition coefficient (Wildman–Crippen LogP) is 2.72. The van der Waals surface area contributed by atoms with Gasteiger partial charge in [-0.3, -0.25) is 9.59 Å². The topological polar surface area (TPSA) is 97.5 Å². The summed E-state index contributed by atoms with van der Waals surface area (Å²) in [5.74, 6) is 0.0815. The second-order valence-corrected chi connectivity index (χ2v) is 8.44. The summed E-state index contributed by atoms with van der Waals surface area (Å²) in [7, 11) is 1.59. The maximum Gasteiger partial charge on any atom is 0.263 e. The number of pyridine rings is 1. The molecule has 2 aliphatic rings. The Labute approximate surface area is 168 Å². The van der Waals surface area contributed by atoms with Crippen molar-refractivity contribution in [3.63, 3.8) is 0 Å². The molecule has 3 N–H and O–H groups in total. The molecule has 4 heterocycles. The van der Waals surface area contributed by atoms with E-state index in [2.05, 4.69) is 5.32 Å². The van der Waals surface area contributed by atoms with Crippen LogP contribution in [0.5, 0.6) is 0 Å². The van der Waals surface area contributed by atoms with Crippen molar-refractivity contribution in [3.8, 4) is 0 Å². The monoisotopic (exact) mass is 402 g/mol. The van der Waals surface area contributed by atoms with Gasteiger partial charge in [0.2, 0.25) is 5.91 Å². The van der Waals surface area contributed by atoms with Gasteiger partial charge in [-0.1, -0.05) is 0 Å². The van der Waals surface area contributed by atoms with Crippen molar-refractivity contribution in [2.45, 2.75) is 38.1 Å². The van der Waals surface area contributed by atoms with E-state index >= 15 is 0 Å². The quantitative estimate of drug-likeness (QED) is 0.823. The highest BCUT2D eigenvalue weighted by molar-refractivity contribution is 7.21. The Morgan fingerprint density at radius 1 is 1.25 bits per heavy atom. The molecule has 4 rings (SSSR count). The number of hydrogen-bond donors (Lipinski definition) is 2. The molecule has 150 valence electrons. The first-order valence-electron chi connectivity index (χ1n) is 9.89. The standard InChI is InChI=1S/C20H26N4O3S/c1-22-18(25)17-16(21)13-5-6-14(23-19(13)28-17)15-4-2-3-9-24(15)20(26)12-7-10-27-11-8-12/h5-6,12,15H,2-4,7-11,21H2,1H3,(H,22,25). The van der Waals surface area contributed by atoms with Crippen LogP contribution in [0.4, 0.5) is 5.69 Å². The maximum atomic E-state index is 13.2. The lowest BCUT2D eigenvalue weighted by Crippen LogP contribution is -2.43. The Kier molecular flexibility index (Phi) is 5.50. The van der Waals surface area contributed by atoms with Gasteiger partial charge in [0.05, 0.1) is 17.4 Å². The second-order valence-electron chi connectivity index (χ2n) is 7.44. The first kappa shape index (κ1) is 19.1. The molecule has 0 aliphatic carbocycles. The summed E-state index contributed by atoms with van der Waals surface area (Å²) in [5.41, 5.74) is 7.51. The highest BCUT2D eigenvalue weighted by atomic mass is 32.1. The summed E-state index contributed by atoms with van der Waals surface area (Å²) in [6.45, 7) is 2.10. The Morgan fingerprint density at radius 3 is 2.79 bits per heavy atom. The summed E-state index contributed by atoms with van der Waals surface area (Å²) in [6.07, 6.45) is 4.62. The van der Waals surface area contributed by atoms with Crippen molar-refractivity contribution >= 4 is 39.1 Å². The molecular weight excluding hydrogens is 376 g/mol. The molecule has 8 heteroatoms. The molecule has 2 amide bonds. The zero-order valence-electron chi connectivity index (χ0n) is 16.1. The molecule has 2 aliphatic heterocycles. The fourth-order valence-corrected chi connectivity index (χ4v) is 5.21. The number of rotatable bonds is 3. The van der Waals surface area contributed by atoms with Crippen LogP contribution >= 0.6 is 11.3 Å². The van der Waals surface area contributed by atoms with Crippen molar-refractivity contribution < 1.29 is 14.3 Å². The van der Waals surface area contributed by atoms with Gasteiger partial charge in [-0.15, -0.1) is 11.3 Å². The van der Waals surface area contributed by atoms with E-state index in [0.29, 0.717) is 23.8 Å². The van der Waals surface area contributed by atoms with Crippen molar-refractivity contribution in [2.24, 2.45) is 5.92 Å². The van der Waals surface area contributed by atoms with Gasteiger partial charge < -0.3 is 20.7 Å². The number of aromatic nitrogens is 1. The average molecular weight is 403 g/mol. The van der Waals surface area contributed by atoms with E-state index in [1.807, 2.05) is 17.0 Å². The van der Waals surface area contributed by atoms with Crippen LogP contribution in [-0.4, -0.2) is 48.5 Å². The molecule has 7 nitrogen and oxygen atoms in total. The molecule has 0 bridgehead atoms. The molecular formula is C20H26N4O3S. The van der Waals surface area contributed by atoms with E-state index in [-0.39, 0.29) is 23.8 Å². The van der Waals surface area contributed by atoms with Crippen LogP contribution < -0.4 is 11.1 Å². The molecule has 0 aromatic carbocycles. The predicted molar refractivity (Wildman–Crippen MR) is 109 cm³/mol. The minimum Gasteiger partial charge on any atom is -0.397 e. The van der Waals surface area contributed by atoms with Crippen LogP contribution in [0.1, 0.15) is 53.5 Å². The third-order valence-electron chi connectivity index (χ3n) is 5.75. The molecule has 1 atom stereocenters. The lowest BCUT2D eigenvalue weighted by Gasteiger charge is -2.38. The van der Waals surface area contributed by atoms with E-state index in [9.17, 15) is 9.59 Å². The van der Waals surface area contributed by atoms with Crippen LogP contribution in [-0.2, 0) is 9.53 Å². The van der Waals surface area contributed by atoms with Crippen molar-refractivity contribution in [1.82, 2.24) is 15.2 Å². The normalized spacial score (nSPS) is 21.0. The molecule has 28 heavy (non-hydrogen) atoms. The number of anilines is 1. The minimum atomic E-state index is -0.198. The first-order chi connectivity index (χ1) is 13.6. The van der Waals surface area contributed by atoms with E-state index < -0.39 is 0 Å². The third kappa shape index (κ3) is 3.46. The van der Waals surface area contributed by atoms with Gasteiger partial charge >= 0.3 is 0 Å². The molecule has 0 saturated carbocycles. The van der Waals surface area contributed by atoms with E-state index in [1.54, 1.807) is 7.05 Å². The van der Waals surface area contributed by atoms with Crippen LogP contribution in [0.25, 0.3) is 10.2 Å². The van der Waals surface area contributed by atoms with Crippen molar-refractivity contribution in [3.05, 3.63) is 22.7 Å². The molecule has 2 fully saturated rings. The van der Waals surface area contributed by atoms with Crippen LogP contribution in [0.3, 0.4) is 0 Å². The van der Waals surface area contributed by atoms with Crippen molar-refractivity contribution in [2.75, 3.05) is 32.5 Å². The van der Waals surface area contributed by atoms with Crippen molar-refractivity contribution in [1.29, 1.82) is 0 Å². The number of carbonyl (C=O) groups excluding carboxylic acids is 2. The SMILES string of the molecule is CNC(=O)c1sc2nc(C3CCCCN3C(=O)C3CCOCC3)ccc2c1N. The number of ether oxygens (including phenoxy) is 1. The minimum absolute atomic E-state index is 0.0136. The number of nitrogens with two attached hydrogens (primary N) is 1. The highest BCUT2D eigenvalue weighted by Crippen LogP contribution is 2.37. The van der Waals surface area contributed by atoms with E-state index in [1.165, 1.54) is 11.3 Å².